The highest BCUT2D eigenvalue weighted by molar-refractivity contribution is 6.14. The molecule has 3 aromatic heterocycles. The Bertz CT molecular complexity index is 3420. The lowest BCUT2D eigenvalue weighted by Gasteiger charge is -2.19. The Morgan fingerprint density at radius 2 is 0.836 bits per heavy atom. The third-order valence-electron chi connectivity index (χ3n) is 11.1. The Balaban J connectivity index is 1.19. The van der Waals surface area contributed by atoms with Gasteiger partial charge in [-0.15, -0.1) is 0 Å². The van der Waals surface area contributed by atoms with Gasteiger partial charge in [-0.25, -0.2) is 9.69 Å². The van der Waals surface area contributed by atoms with Gasteiger partial charge in [0.25, 0.3) is 0 Å². The van der Waals surface area contributed by atoms with Gasteiger partial charge in [0.1, 0.15) is 0 Å². The van der Waals surface area contributed by atoms with E-state index in [1.807, 2.05) is 42.5 Å². The molecule has 0 aliphatic carbocycles. The molecule has 0 atom stereocenters. The highest BCUT2D eigenvalue weighted by atomic mass is 15.0. The first-order chi connectivity index (χ1) is 27.2. The van der Waals surface area contributed by atoms with Crippen molar-refractivity contribution in [1.82, 2.24) is 13.7 Å². The summed E-state index contributed by atoms with van der Waals surface area (Å²) in [6, 6.07) is 61.4. The van der Waals surface area contributed by atoms with E-state index in [2.05, 4.69) is 157 Å². The van der Waals surface area contributed by atoms with Gasteiger partial charge >= 0.3 is 0 Å². The molecule has 55 heavy (non-hydrogen) atoms. The predicted molar refractivity (Wildman–Crippen MR) is 227 cm³/mol. The minimum atomic E-state index is 0.558. The molecule has 0 N–H and O–H groups in total. The monoisotopic (exact) mass is 699 g/mol. The van der Waals surface area contributed by atoms with E-state index in [0.717, 1.165) is 66.4 Å². The number of hydrogen-bond acceptors (Lipinski definition) is 0. The second-order valence-electron chi connectivity index (χ2n) is 13.9. The average Bonchev–Trinajstić information content (AvgIpc) is 3.88. The van der Waals surface area contributed by atoms with Crippen LogP contribution in [-0.2, 0) is 0 Å². The second kappa shape index (κ2) is 11.8. The Morgan fingerprint density at radius 3 is 1.49 bits per heavy atom. The van der Waals surface area contributed by atoms with Crippen LogP contribution in [0.3, 0.4) is 0 Å². The average molecular weight is 700 g/mol. The molecule has 8 aromatic carbocycles. The zero-order chi connectivity index (χ0) is 36.6. The van der Waals surface area contributed by atoms with Crippen molar-refractivity contribution < 1.29 is 0 Å². The van der Waals surface area contributed by atoms with Crippen LogP contribution in [0.4, 0.5) is 11.4 Å². The number of para-hydroxylation sites is 6. The molecule has 0 saturated carbocycles. The first kappa shape index (κ1) is 30.7. The molecule has 0 fully saturated rings. The molecule has 0 aliphatic rings. The normalized spacial score (nSPS) is 11.6. The predicted octanol–water partition coefficient (Wildman–Crippen LogP) is 13.7. The van der Waals surface area contributed by atoms with E-state index in [0.29, 0.717) is 11.4 Å². The Hall–Kier alpha value is -7.86. The van der Waals surface area contributed by atoms with Gasteiger partial charge in [-0.1, -0.05) is 115 Å². The van der Waals surface area contributed by atoms with Gasteiger partial charge < -0.3 is 13.7 Å². The molecule has 11 rings (SSSR count). The lowest BCUT2D eigenvalue weighted by atomic mass is 9.99. The molecule has 0 amide bonds. The van der Waals surface area contributed by atoms with E-state index in [-0.39, 0.29) is 0 Å². The molecule has 0 unspecified atom stereocenters. The van der Waals surface area contributed by atoms with Crippen molar-refractivity contribution in [3.05, 3.63) is 199 Å². The smallest absolute Gasteiger partial charge is 0.211 e. The SMILES string of the molecule is [C-]#[N+]c1ccc2c(c1)c1ccccc1n2-c1c([N+]#[C-])cccc1-c1ccccc1-n1c2ccccc2c2cc(-n3c4ccccc4c4ccccc43)ccc21. The van der Waals surface area contributed by atoms with Crippen molar-refractivity contribution in [2.45, 2.75) is 0 Å². The van der Waals surface area contributed by atoms with Gasteiger partial charge in [-0.3, -0.25) is 0 Å². The topological polar surface area (TPSA) is 23.5 Å². The number of rotatable bonds is 4. The molecule has 254 valence electrons. The van der Waals surface area contributed by atoms with Crippen LogP contribution in [-0.4, -0.2) is 13.7 Å². The quantitative estimate of drug-likeness (QED) is 0.163. The zero-order valence-corrected chi connectivity index (χ0v) is 29.5. The molecule has 5 heteroatoms. The first-order valence-corrected chi connectivity index (χ1v) is 18.3. The summed E-state index contributed by atoms with van der Waals surface area (Å²) >= 11 is 0. The minimum absolute atomic E-state index is 0.558. The molecular formula is C50H29N5. The zero-order valence-electron chi connectivity index (χ0n) is 29.5. The van der Waals surface area contributed by atoms with E-state index in [9.17, 15) is 0 Å². The van der Waals surface area contributed by atoms with E-state index in [1.54, 1.807) is 0 Å². The van der Waals surface area contributed by atoms with Crippen LogP contribution in [0.15, 0.2) is 176 Å². The Morgan fingerprint density at radius 1 is 0.345 bits per heavy atom. The van der Waals surface area contributed by atoms with Gasteiger partial charge in [0.05, 0.1) is 57.6 Å². The van der Waals surface area contributed by atoms with Crippen LogP contribution in [0.25, 0.3) is 103 Å². The van der Waals surface area contributed by atoms with Crippen LogP contribution in [0.1, 0.15) is 0 Å². The molecule has 5 nitrogen and oxygen atoms in total. The summed E-state index contributed by atoms with van der Waals surface area (Å²) in [4.78, 5) is 7.83. The summed E-state index contributed by atoms with van der Waals surface area (Å²) in [5.74, 6) is 0. The summed E-state index contributed by atoms with van der Waals surface area (Å²) in [6.45, 7) is 16.1. The van der Waals surface area contributed by atoms with Gasteiger partial charge in [-0.05, 0) is 71.6 Å². The number of nitrogens with zero attached hydrogens (tertiary/aromatic N) is 5. The molecule has 3 heterocycles. The lowest BCUT2D eigenvalue weighted by molar-refractivity contribution is 1.16. The summed E-state index contributed by atoms with van der Waals surface area (Å²) in [7, 11) is 0. The van der Waals surface area contributed by atoms with Crippen molar-refractivity contribution in [3.63, 3.8) is 0 Å². The Kier molecular flexibility index (Phi) is 6.61. The number of fused-ring (bicyclic) bond motifs is 9. The second-order valence-corrected chi connectivity index (χ2v) is 13.9. The molecule has 0 bridgehead atoms. The third kappa shape index (κ3) is 4.39. The molecular weight excluding hydrogens is 671 g/mol. The summed E-state index contributed by atoms with van der Waals surface area (Å²) in [5, 5.41) is 6.85. The fourth-order valence-electron chi connectivity index (χ4n) is 8.80. The van der Waals surface area contributed by atoms with Crippen molar-refractivity contribution in [3.8, 4) is 28.2 Å². The number of aromatic nitrogens is 3. The fourth-order valence-corrected chi connectivity index (χ4v) is 8.80. The molecule has 0 saturated heterocycles. The highest BCUT2D eigenvalue weighted by Gasteiger charge is 2.23. The van der Waals surface area contributed by atoms with Gasteiger partial charge in [0, 0.05) is 38.2 Å². The van der Waals surface area contributed by atoms with E-state index < -0.39 is 0 Å². The van der Waals surface area contributed by atoms with Crippen LogP contribution >= 0.6 is 0 Å². The van der Waals surface area contributed by atoms with E-state index in [4.69, 9.17) is 13.1 Å². The van der Waals surface area contributed by atoms with E-state index in [1.165, 1.54) is 27.2 Å². The fraction of sp³-hybridized carbons (Fsp3) is 0. The maximum absolute atomic E-state index is 8.38. The number of benzene rings is 8. The minimum Gasteiger partial charge on any atom is -0.318 e. The van der Waals surface area contributed by atoms with E-state index >= 15 is 0 Å². The lowest BCUT2D eigenvalue weighted by Crippen LogP contribution is -2.01. The highest BCUT2D eigenvalue weighted by Crippen LogP contribution is 2.45. The summed E-state index contributed by atoms with van der Waals surface area (Å²) < 4.78 is 6.96. The summed E-state index contributed by atoms with van der Waals surface area (Å²) in [6.07, 6.45) is 0. The molecule has 0 radical (unpaired) electrons. The van der Waals surface area contributed by atoms with Gasteiger partial charge in [0.2, 0.25) is 5.69 Å². The first-order valence-electron chi connectivity index (χ1n) is 18.3. The van der Waals surface area contributed by atoms with Gasteiger partial charge in [0.15, 0.2) is 5.69 Å². The van der Waals surface area contributed by atoms with Crippen LogP contribution in [0, 0.1) is 13.1 Å². The van der Waals surface area contributed by atoms with Crippen LogP contribution < -0.4 is 0 Å². The molecule has 0 aliphatic heterocycles. The molecule has 11 aromatic rings. The van der Waals surface area contributed by atoms with Crippen LogP contribution in [0.5, 0.6) is 0 Å². The largest absolute Gasteiger partial charge is 0.318 e. The maximum atomic E-state index is 8.38. The van der Waals surface area contributed by atoms with Crippen molar-refractivity contribution in [2.24, 2.45) is 0 Å². The van der Waals surface area contributed by atoms with Crippen molar-refractivity contribution in [1.29, 1.82) is 0 Å². The summed E-state index contributed by atoms with van der Waals surface area (Å²) in [5.41, 5.74) is 12.6. The van der Waals surface area contributed by atoms with Gasteiger partial charge in [-0.2, -0.15) is 0 Å². The van der Waals surface area contributed by atoms with Crippen LogP contribution in [0.2, 0.25) is 0 Å². The molecule has 0 spiro atoms. The Labute approximate surface area is 316 Å². The van der Waals surface area contributed by atoms with Crippen molar-refractivity contribution in [2.75, 3.05) is 0 Å². The number of hydrogen-bond donors (Lipinski definition) is 0. The standard InChI is InChI=1S/C50H29N5/c1-51-32-26-28-49-40(30-32)37-17-7-12-25-47(37)55(49)50-39(19-13-20-42(50)52-2)36-16-5-10-23-45(36)54-46-24-11-6-18-38(46)41-31-33(27-29-48(41)54)53-43-21-8-3-14-34(43)35-15-4-9-22-44(35)53/h3-31H. The van der Waals surface area contributed by atoms with Crippen molar-refractivity contribution >= 4 is 76.8 Å². The maximum Gasteiger partial charge on any atom is 0.211 e. The third-order valence-corrected chi connectivity index (χ3v) is 11.1.